The summed E-state index contributed by atoms with van der Waals surface area (Å²) >= 11 is 0. The number of furan rings is 1. The Kier molecular flexibility index (Phi) is 7.71. The molecule has 0 aromatic carbocycles. The molecular weight excluding hydrogens is 459 g/mol. The van der Waals surface area contributed by atoms with Gasteiger partial charge >= 0.3 is 12.1 Å². The van der Waals surface area contributed by atoms with Gasteiger partial charge in [-0.1, -0.05) is 0 Å². The number of fused-ring (bicyclic) bond motifs is 1. The minimum absolute atomic E-state index is 0.127. The number of carboxylic acid groups (broad SMARTS) is 1. The molecule has 0 saturated heterocycles. The van der Waals surface area contributed by atoms with Gasteiger partial charge in [0.05, 0.1) is 18.5 Å². The van der Waals surface area contributed by atoms with E-state index in [-0.39, 0.29) is 11.7 Å². The smallest absolute Gasteiger partial charge is 0.475 e. The first-order valence-corrected chi connectivity index (χ1v) is 10.2. The Bertz CT molecular complexity index is 1110. The largest absolute Gasteiger partial charge is 0.490 e. The Labute approximate surface area is 192 Å². The van der Waals surface area contributed by atoms with Crippen LogP contribution in [0.25, 0.3) is 0 Å². The van der Waals surface area contributed by atoms with Crippen LogP contribution in [-0.2, 0) is 37.9 Å². The molecule has 4 rings (SSSR count). The van der Waals surface area contributed by atoms with Crippen molar-refractivity contribution < 1.29 is 32.3 Å². The molecule has 14 heteroatoms. The van der Waals surface area contributed by atoms with Crippen LogP contribution in [0.5, 0.6) is 0 Å². The Morgan fingerprint density at radius 3 is 2.53 bits per heavy atom. The third-order valence-electron chi connectivity index (χ3n) is 4.98. The predicted octanol–water partition coefficient (Wildman–Crippen LogP) is 1.57. The van der Waals surface area contributed by atoms with E-state index in [1.807, 2.05) is 18.3 Å². The molecule has 11 nitrogen and oxygen atoms in total. The molecule has 34 heavy (non-hydrogen) atoms. The second-order valence-electron chi connectivity index (χ2n) is 7.66. The summed E-state index contributed by atoms with van der Waals surface area (Å²) in [6, 6.07) is 3.87. The Morgan fingerprint density at radius 1 is 1.21 bits per heavy atom. The molecule has 1 N–H and O–H groups in total. The Balaban J connectivity index is 0.000000406. The molecule has 0 saturated carbocycles. The van der Waals surface area contributed by atoms with E-state index in [0.717, 1.165) is 43.3 Å². The maximum Gasteiger partial charge on any atom is 0.490 e. The molecule has 3 aromatic heterocycles. The van der Waals surface area contributed by atoms with Crippen molar-refractivity contribution in [3.8, 4) is 0 Å². The normalized spacial score (nSPS) is 13.8. The Morgan fingerprint density at radius 2 is 1.94 bits per heavy atom. The number of amides is 1. The number of carbonyl (C=O) groups is 2. The second kappa shape index (κ2) is 10.5. The number of carboxylic acids is 1. The third kappa shape index (κ3) is 6.43. The van der Waals surface area contributed by atoms with Gasteiger partial charge in [0.25, 0.3) is 5.91 Å². The topological polar surface area (TPSA) is 123 Å². The SMILES string of the molecule is CN(Cc1ccco1)Cc1cnc2n1CCN(C(=O)c1ncn(C)n1)CC2.O=C(O)C(F)(F)F. The lowest BCUT2D eigenvalue weighted by molar-refractivity contribution is -0.192. The van der Waals surface area contributed by atoms with Crippen molar-refractivity contribution in [3.63, 3.8) is 0 Å². The van der Waals surface area contributed by atoms with Crippen LogP contribution in [0, 0.1) is 0 Å². The molecule has 184 valence electrons. The van der Waals surface area contributed by atoms with Crippen molar-refractivity contribution >= 4 is 11.9 Å². The minimum Gasteiger partial charge on any atom is -0.475 e. The fourth-order valence-corrected chi connectivity index (χ4v) is 3.40. The summed E-state index contributed by atoms with van der Waals surface area (Å²) in [6.07, 6.45) is 0.811. The summed E-state index contributed by atoms with van der Waals surface area (Å²) in [7, 11) is 3.81. The molecule has 0 unspecified atom stereocenters. The van der Waals surface area contributed by atoms with E-state index >= 15 is 0 Å². The lowest BCUT2D eigenvalue weighted by Crippen LogP contribution is -2.34. The van der Waals surface area contributed by atoms with Crippen molar-refractivity contribution in [1.29, 1.82) is 0 Å². The van der Waals surface area contributed by atoms with E-state index in [0.29, 0.717) is 13.1 Å². The van der Waals surface area contributed by atoms with Gasteiger partial charge in [0.2, 0.25) is 5.82 Å². The van der Waals surface area contributed by atoms with Crippen molar-refractivity contribution in [1.82, 2.24) is 34.1 Å². The number of aryl methyl sites for hydroxylation is 1. The minimum atomic E-state index is -5.08. The maximum atomic E-state index is 12.6. The fourth-order valence-electron chi connectivity index (χ4n) is 3.40. The van der Waals surface area contributed by atoms with Crippen molar-refractivity contribution in [2.75, 3.05) is 20.1 Å². The van der Waals surface area contributed by atoms with Crippen LogP contribution in [0.3, 0.4) is 0 Å². The monoisotopic (exact) mass is 483 g/mol. The number of hydrogen-bond acceptors (Lipinski definition) is 7. The van der Waals surface area contributed by atoms with Gasteiger partial charge in [-0.3, -0.25) is 14.4 Å². The summed E-state index contributed by atoms with van der Waals surface area (Å²) in [5.41, 5.74) is 1.14. The molecule has 0 spiro atoms. The number of imidazole rings is 1. The van der Waals surface area contributed by atoms with Gasteiger partial charge in [-0.25, -0.2) is 14.8 Å². The highest BCUT2D eigenvalue weighted by molar-refractivity contribution is 5.90. The summed E-state index contributed by atoms with van der Waals surface area (Å²) in [6.45, 7) is 3.47. The number of carbonyl (C=O) groups excluding carboxylic acids is 1. The van der Waals surface area contributed by atoms with E-state index in [4.69, 9.17) is 14.3 Å². The van der Waals surface area contributed by atoms with E-state index in [2.05, 4.69) is 31.6 Å². The molecule has 1 amide bonds. The van der Waals surface area contributed by atoms with Crippen LogP contribution in [0.1, 0.15) is 27.9 Å². The van der Waals surface area contributed by atoms with E-state index in [1.54, 1.807) is 29.2 Å². The molecule has 1 aliphatic rings. The first-order valence-electron chi connectivity index (χ1n) is 10.2. The lowest BCUT2D eigenvalue weighted by atomic mass is 10.3. The summed E-state index contributed by atoms with van der Waals surface area (Å²) in [5.74, 6) is -0.686. The maximum absolute atomic E-state index is 12.6. The zero-order valence-electron chi connectivity index (χ0n) is 18.6. The first kappa shape index (κ1) is 25.0. The average Bonchev–Trinajstić information content (AvgIpc) is 3.47. The molecule has 0 bridgehead atoms. The van der Waals surface area contributed by atoms with Crippen LogP contribution >= 0.6 is 0 Å². The van der Waals surface area contributed by atoms with Gasteiger partial charge in [0.15, 0.2) is 0 Å². The zero-order chi connectivity index (χ0) is 24.9. The second-order valence-corrected chi connectivity index (χ2v) is 7.66. The highest BCUT2D eigenvalue weighted by Crippen LogP contribution is 2.16. The number of hydrogen-bond donors (Lipinski definition) is 1. The first-order chi connectivity index (χ1) is 16.0. The van der Waals surface area contributed by atoms with Gasteiger partial charge in [-0.2, -0.15) is 13.2 Å². The van der Waals surface area contributed by atoms with Crippen molar-refractivity contribution in [3.05, 3.63) is 54.0 Å². The summed E-state index contributed by atoms with van der Waals surface area (Å²) in [5, 5.41) is 11.2. The molecule has 1 aliphatic heterocycles. The van der Waals surface area contributed by atoms with Crippen LogP contribution < -0.4 is 0 Å². The summed E-state index contributed by atoms with van der Waals surface area (Å²) < 4.78 is 40.9. The number of halogens is 3. The molecule has 0 atom stereocenters. The van der Waals surface area contributed by atoms with Crippen LogP contribution in [0.2, 0.25) is 0 Å². The van der Waals surface area contributed by atoms with E-state index in [1.165, 1.54) is 0 Å². The highest BCUT2D eigenvalue weighted by Gasteiger charge is 2.38. The molecule has 0 aliphatic carbocycles. The van der Waals surface area contributed by atoms with Crippen LogP contribution in [-0.4, -0.2) is 77.4 Å². The Hall–Kier alpha value is -3.68. The van der Waals surface area contributed by atoms with Crippen molar-refractivity contribution in [2.45, 2.75) is 32.2 Å². The molecule has 3 aromatic rings. The predicted molar refractivity (Wildman–Crippen MR) is 110 cm³/mol. The van der Waals surface area contributed by atoms with Crippen molar-refractivity contribution in [2.24, 2.45) is 7.05 Å². The third-order valence-corrected chi connectivity index (χ3v) is 4.98. The van der Waals surface area contributed by atoms with Gasteiger partial charge in [0, 0.05) is 45.8 Å². The van der Waals surface area contributed by atoms with Gasteiger partial charge in [0.1, 0.15) is 17.9 Å². The number of alkyl halides is 3. The standard InChI is InChI=1S/C18H23N7O2.C2HF3O2/c1-22(12-15-4-3-9-27-15)11-14-10-19-16-5-6-24(7-8-25(14)16)18(26)17-20-13-23(2)21-17;3-2(4,5)1(6)7/h3-4,9-10,13H,5-8,11-12H2,1-2H3;(H,6,7). The lowest BCUT2D eigenvalue weighted by Gasteiger charge is -2.19. The zero-order valence-corrected chi connectivity index (χ0v) is 18.6. The van der Waals surface area contributed by atoms with Gasteiger partial charge in [-0.05, 0) is 19.2 Å². The number of nitrogens with zero attached hydrogens (tertiary/aromatic N) is 7. The highest BCUT2D eigenvalue weighted by atomic mass is 19.4. The summed E-state index contributed by atoms with van der Waals surface area (Å²) in [4.78, 5) is 34.2. The molecule has 0 fully saturated rings. The van der Waals surface area contributed by atoms with E-state index in [9.17, 15) is 18.0 Å². The van der Waals surface area contributed by atoms with E-state index < -0.39 is 12.1 Å². The molecule has 4 heterocycles. The quantitative estimate of drug-likeness (QED) is 0.580. The molecular formula is C20H24F3N7O4. The number of rotatable bonds is 5. The fraction of sp³-hybridized carbons (Fsp3) is 0.450. The number of aliphatic carboxylic acids is 1. The van der Waals surface area contributed by atoms with Gasteiger partial charge in [-0.15, -0.1) is 5.10 Å². The van der Waals surface area contributed by atoms with Crippen LogP contribution in [0.4, 0.5) is 13.2 Å². The van der Waals surface area contributed by atoms with Gasteiger partial charge < -0.3 is 19.0 Å². The average molecular weight is 483 g/mol. The number of aromatic nitrogens is 5. The molecule has 0 radical (unpaired) electrons. The van der Waals surface area contributed by atoms with Crippen LogP contribution in [0.15, 0.2) is 35.3 Å².